The minimum Gasteiger partial charge on any atom is -0.353 e. The third-order valence-electron chi connectivity index (χ3n) is 13.7. The molecule has 4 saturated carbocycles. The van der Waals surface area contributed by atoms with Crippen LogP contribution in [0.4, 0.5) is 0 Å². The summed E-state index contributed by atoms with van der Waals surface area (Å²) in [5.41, 5.74) is 1.41. The normalized spacial score (nSPS) is 47.3. The summed E-state index contributed by atoms with van der Waals surface area (Å²) in [7, 11) is 0. The first-order chi connectivity index (χ1) is 18.9. The molecule has 1 saturated heterocycles. The van der Waals surface area contributed by atoms with Crippen molar-refractivity contribution in [2.24, 2.45) is 57.2 Å². The highest BCUT2D eigenvalue weighted by Crippen LogP contribution is 2.68. The fourth-order valence-corrected chi connectivity index (χ4v) is 11.3. The number of nitrogens with zero attached hydrogens (tertiary/aromatic N) is 1. The Bertz CT molecular complexity index is 1010. The maximum atomic E-state index is 13.4. The van der Waals surface area contributed by atoms with Gasteiger partial charge in [-0.05, 0) is 130 Å². The zero-order valence-corrected chi connectivity index (χ0v) is 26.5. The lowest BCUT2D eigenvalue weighted by Crippen LogP contribution is -2.60. The predicted octanol–water partition coefficient (Wildman–Crippen LogP) is 8.90. The van der Waals surface area contributed by atoms with Crippen molar-refractivity contribution in [3.8, 4) is 6.07 Å². The molecular formula is C36H57NO3. The molecule has 0 spiro atoms. The lowest BCUT2D eigenvalue weighted by molar-refractivity contribution is -0.188. The van der Waals surface area contributed by atoms with Gasteiger partial charge in [0.2, 0.25) is 0 Å². The van der Waals surface area contributed by atoms with Gasteiger partial charge in [-0.2, -0.15) is 5.26 Å². The number of fused-ring (bicyclic) bond motifs is 4. The molecule has 1 heterocycles. The Hall–Kier alpha value is -1.18. The first-order valence-electron chi connectivity index (χ1n) is 16.7. The van der Waals surface area contributed by atoms with Crippen LogP contribution < -0.4 is 0 Å². The average Bonchev–Trinajstić information content (AvgIpc) is 3.29. The predicted molar refractivity (Wildman–Crippen MR) is 160 cm³/mol. The number of carbonyl (C=O) groups excluding carboxylic acids is 1. The Morgan fingerprint density at radius 3 is 2.40 bits per heavy atom. The molecular weight excluding hydrogens is 494 g/mol. The van der Waals surface area contributed by atoms with Crippen molar-refractivity contribution in [3.05, 3.63) is 12.2 Å². The summed E-state index contributed by atoms with van der Waals surface area (Å²) >= 11 is 0. The zero-order valence-electron chi connectivity index (χ0n) is 26.5. The van der Waals surface area contributed by atoms with Crippen molar-refractivity contribution in [1.29, 1.82) is 5.26 Å². The molecule has 5 aliphatic rings. The van der Waals surface area contributed by atoms with Crippen LogP contribution in [0.25, 0.3) is 0 Å². The molecule has 0 aromatic heterocycles. The molecule has 5 rings (SSSR count). The van der Waals surface area contributed by atoms with Gasteiger partial charge in [0.15, 0.2) is 12.1 Å². The molecule has 0 bridgehead atoms. The summed E-state index contributed by atoms with van der Waals surface area (Å²) in [4.78, 5) is 13.4. The van der Waals surface area contributed by atoms with E-state index in [4.69, 9.17) is 9.47 Å². The van der Waals surface area contributed by atoms with Crippen LogP contribution >= 0.6 is 0 Å². The van der Waals surface area contributed by atoms with Gasteiger partial charge < -0.3 is 9.47 Å². The molecule has 4 heteroatoms. The summed E-state index contributed by atoms with van der Waals surface area (Å²) in [6, 6.07) is 2.45. The molecule has 40 heavy (non-hydrogen) atoms. The van der Waals surface area contributed by atoms with Gasteiger partial charge in [0.1, 0.15) is 5.92 Å². The molecule has 0 radical (unpaired) electrons. The summed E-state index contributed by atoms with van der Waals surface area (Å²) in [6.45, 7) is 20.3. The van der Waals surface area contributed by atoms with Crippen LogP contribution in [-0.4, -0.2) is 25.3 Å². The Labute approximate surface area is 245 Å². The monoisotopic (exact) mass is 551 g/mol. The molecule has 2 unspecified atom stereocenters. The molecule has 0 amide bonds. The van der Waals surface area contributed by atoms with E-state index in [1.165, 1.54) is 63.4 Å². The van der Waals surface area contributed by atoms with Crippen LogP contribution in [0.3, 0.4) is 0 Å². The Kier molecular flexibility index (Phi) is 8.44. The van der Waals surface area contributed by atoms with Crippen LogP contribution in [0, 0.1) is 68.5 Å². The minimum atomic E-state index is -0.459. The van der Waals surface area contributed by atoms with Crippen LogP contribution in [-0.2, 0) is 14.3 Å². The first kappa shape index (κ1) is 30.3. The molecule has 0 aromatic carbocycles. The quantitative estimate of drug-likeness (QED) is 0.327. The van der Waals surface area contributed by atoms with Crippen molar-refractivity contribution < 1.29 is 14.3 Å². The average molecular weight is 552 g/mol. The number of Topliss-reactive ketones (excluding diaryl/α,β-unsaturated/α-hetero) is 1. The number of nitriles is 1. The van der Waals surface area contributed by atoms with E-state index in [0.717, 1.165) is 38.9 Å². The van der Waals surface area contributed by atoms with E-state index in [1.54, 1.807) is 0 Å². The standard InChI is InChI=1S/C36H57NO3/c1-24(2)27-15-19-36(23-40-31-13-8-9-20-39-31)18-14-25(3)34(6)17-16-29-33(4,5)32(38)26(22-37)21-35(29,7)30(34)12-10-11-28(27)36/h25-31H,1,8-21,23H2,2-7H3/t25-,26?,27+,28+,29+,30+,31?,34+,35+,36+/m1/s1. The van der Waals surface area contributed by atoms with Gasteiger partial charge in [0.05, 0.1) is 12.7 Å². The smallest absolute Gasteiger partial charge is 0.157 e. The third-order valence-corrected chi connectivity index (χ3v) is 13.7. The zero-order chi connectivity index (χ0) is 28.9. The molecule has 0 N–H and O–H groups in total. The second-order valence-electron chi connectivity index (χ2n) is 16.1. The van der Waals surface area contributed by atoms with Crippen LogP contribution in [0.2, 0.25) is 0 Å². The topological polar surface area (TPSA) is 59.3 Å². The molecule has 4 aliphatic carbocycles. The fraction of sp³-hybridized carbons (Fsp3) is 0.889. The van der Waals surface area contributed by atoms with Crippen molar-refractivity contribution in [2.45, 2.75) is 131 Å². The second-order valence-corrected chi connectivity index (χ2v) is 16.1. The second kappa shape index (κ2) is 11.1. The highest BCUT2D eigenvalue weighted by molar-refractivity contribution is 5.89. The van der Waals surface area contributed by atoms with E-state index in [0.29, 0.717) is 29.6 Å². The fourth-order valence-electron chi connectivity index (χ4n) is 11.3. The molecule has 5 fully saturated rings. The SMILES string of the molecule is C=C(C)[C@@H]1CC[C@]2(COC3CCCCO3)CC[C@@H](C)[C@]3(C)CC[C@H]4C(C)(C)C(=O)C(C#N)C[C@]4(C)[C@H]3CCC[C@@H]12. The number of hydrogen-bond donors (Lipinski definition) is 0. The van der Waals surface area contributed by atoms with Crippen molar-refractivity contribution in [3.63, 3.8) is 0 Å². The molecule has 4 nitrogen and oxygen atoms in total. The van der Waals surface area contributed by atoms with Crippen LogP contribution in [0.1, 0.15) is 125 Å². The Morgan fingerprint density at radius 2 is 1.73 bits per heavy atom. The number of carbonyl (C=O) groups is 1. The minimum absolute atomic E-state index is 0.0250. The summed E-state index contributed by atoms with van der Waals surface area (Å²) < 4.78 is 12.6. The number of ketones is 1. The van der Waals surface area contributed by atoms with Crippen molar-refractivity contribution in [1.82, 2.24) is 0 Å². The van der Waals surface area contributed by atoms with Gasteiger partial charge in [-0.3, -0.25) is 4.79 Å². The van der Waals surface area contributed by atoms with E-state index >= 15 is 0 Å². The van der Waals surface area contributed by atoms with Crippen molar-refractivity contribution in [2.75, 3.05) is 13.2 Å². The maximum Gasteiger partial charge on any atom is 0.157 e. The molecule has 1 aliphatic heterocycles. The largest absolute Gasteiger partial charge is 0.353 e. The maximum absolute atomic E-state index is 13.4. The number of ether oxygens (including phenoxy) is 2. The van der Waals surface area contributed by atoms with Crippen LogP contribution in [0.5, 0.6) is 0 Å². The van der Waals surface area contributed by atoms with E-state index in [2.05, 4.69) is 54.2 Å². The summed E-state index contributed by atoms with van der Waals surface area (Å²) in [5.74, 6) is 2.44. The van der Waals surface area contributed by atoms with E-state index in [-0.39, 0.29) is 28.3 Å². The first-order valence-corrected chi connectivity index (χ1v) is 16.7. The van der Waals surface area contributed by atoms with Gasteiger partial charge in [0.25, 0.3) is 0 Å². The Balaban J connectivity index is 1.44. The van der Waals surface area contributed by atoms with E-state index in [1.807, 2.05) is 0 Å². The van der Waals surface area contributed by atoms with Gasteiger partial charge in [-0.25, -0.2) is 0 Å². The van der Waals surface area contributed by atoms with Crippen molar-refractivity contribution >= 4 is 5.78 Å². The Morgan fingerprint density at radius 1 is 0.975 bits per heavy atom. The summed E-state index contributed by atoms with van der Waals surface area (Å²) in [6.07, 6.45) is 15.0. The molecule has 10 atom stereocenters. The lowest BCUT2D eigenvalue weighted by atomic mass is 9.39. The van der Waals surface area contributed by atoms with Gasteiger partial charge >= 0.3 is 0 Å². The number of hydrogen-bond acceptors (Lipinski definition) is 4. The highest BCUT2D eigenvalue weighted by Gasteiger charge is 2.63. The van der Waals surface area contributed by atoms with Gasteiger partial charge in [-0.1, -0.05) is 53.2 Å². The van der Waals surface area contributed by atoms with E-state index in [9.17, 15) is 10.1 Å². The van der Waals surface area contributed by atoms with Gasteiger partial charge in [-0.15, -0.1) is 0 Å². The highest BCUT2D eigenvalue weighted by atomic mass is 16.7. The molecule has 0 aromatic rings. The molecule has 224 valence electrons. The van der Waals surface area contributed by atoms with E-state index < -0.39 is 11.3 Å². The van der Waals surface area contributed by atoms with Crippen LogP contribution in [0.15, 0.2) is 12.2 Å². The summed E-state index contributed by atoms with van der Waals surface area (Å²) in [5, 5.41) is 10.1. The number of rotatable bonds is 4. The van der Waals surface area contributed by atoms with Gasteiger partial charge in [0, 0.05) is 12.0 Å². The lowest BCUT2D eigenvalue weighted by Gasteiger charge is -2.64. The number of allylic oxidation sites excluding steroid dienone is 1. The third kappa shape index (κ3) is 4.94.